The lowest BCUT2D eigenvalue weighted by molar-refractivity contribution is 0.104. The monoisotopic (exact) mass is 392 g/mol. The van der Waals surface area contributed by atoms with Crippen LogP contribution in [-0.2, 0) is 0 Å². The van der Waals surface area contributed by atoms with Crippen molar-refractivity contribution in [3.05, 3.63) is 100 Å². The first-order valence-electron chi connectivity index (χ1n) is 8.37. The Morgan fingerprint density at radius 3 is 2.59 bits per heavy atom. The Labute approximate surface area is 166 Å². The van der Waals surface area contributed by atoms with Gasteiger partial charge in [-0.25, -0.2) is 0 Å². The maximum absolute atomic E-state index is 12.6. The van der Waals surface area contributed by atoms with Crippen molar-refractivity contribution in [1.29, 1.82) is 0 Å². The molecule has 0 aliphatic carbocycles. The van der Waals surface area contributed by atoms with Crippen molar-refractivity contribution in [1.82, 2.24) is 0 Å². The number of hydrogen-bond acceptors (Lipinski definition) is 2. The second kappa shape index (κ2) is 7.43. The van der Waals surface area contributed by atoms with Crippen molar-refractivity contribution in [2.75, 3.05) is 0 Å². The van der Waals surface area contributed by atoms with Gasteiger partial charge in [0.25, 0.3) is 0 Å². The lowest BCUT2D eigenvalue weighted by Gasteiger charge is -2.02. The Morgan fingerprint density at radius 2 is 1.70 bits per heavy atom. The molecule has 0 unspecified atom stereocenters. The van der Waals surface area contributed by atoms with Crippen LogP contribution in [0.15, 0.2) is 83.3 Å². The number of benzene rings is 3. The van der Waals surface area contributed by atoms with Gasteiger partial charge in [0.05, 0.1) is 5.02 Å². The molecule has 0 aliphatic rings. The molecular weight excluding hydrogens is 379 g/mol. The first-order valence-corrected chi connectivity index (χ1v) is 9.13. The maximum atomic E-state index is 12.6. The van der Waals surface area contributed by atoms with Gasteiger partial charge in [-0.2, -0.15) is 0 Å². The van der Waals surface area contributed by atoms with Gasteiger partial charge in [0.2, 0.25) is 0 Å². The molecule has 0 amide bonds. The number of ketones is 1. The molecule has 0 saturated heterocycles. The molecule has 0 radical (unpaired) electrons. The maximum Gasteiger partial charge on any atom is 0.186 e. The highest BCUT2D eigenvalue weighted by molar-refractivity contribution is 6.35. The van der Waals surface area contributed by atoms with Crippen molar-refractivity contribution in [2.24, 2.45) is 0 Å². The Hall–Kier alpha value is -2.81. The number of fused-ring (bicyclic) bond motifs is 1. The van der Waals surface area contributed by atoms with E-state index in [1.165, 1.54) is 6.08 Å². The van der Waals surface area contributed by atoms with E-state index in [0.29, 0.717) is 32.7 Å². The molecule has 0 saturated carbocycles. The summed E-state index contributed by atoms with van der Waals surface area (Å²) < 4.78 is 5.80. The molecule has 4 aromatic rings. The van der Waals surface area contributed by atoms with Crippen molar-refractivity contribution in [2.45, 2.75) is 0 Å². The van der Waals surface area contributed by atoms with Crippen LogP contribution in [0, 0.1) is 0 Å². The molecule has 0 spiro atoms. The summed E-state index contributed by atoms with van der Waals surface area (Å²) in [7, 11) is 0. The van der Waals surface area contributed by atoms with Gasteiger partial charge >= 0.3 is 0 Å². The van der Waals surface area contributed by atoms with Crippen LogP contribution in [0.2, 0.25) is 10.0 Å². The Bertz CT molecular complexity index is 1170. The third kappa shape index (κ3) is 3.68. The van der Waals surface area contributed by atoms with Gasteiger partial charge in [0.15, 0.2) is 5.78 Å². The highest BCUT2D eigenvalue weighted by atomic mass is 35.5. The van der Waals surface area contributed by atoms with Crippen LogP contribution >= 0.6 is 23.2 Å². The first kappa shape index (κ1) is 17.6. The summed E-state index contributed by atoms with van der Waals surface area (Å²) in [6.07, 6.45) is 3.18. The largest absolute Gasteiger partial charge is 0.457 e. The lowest BCUT2D eigenvalue weighted by atomic mass is 10.0. The van der Waals surface area contributed by atoms with E-state index in [0.717, 1.165) is 10.8 Å². The number of halogens is 2. The minimum Gasteiger partial charge on any atom is -0.457 e. The Kier molecular flexibility index (Phi) is 4.85. The number of rotatable bonds is 4. The van der Waals surface area contributed by atoms with Crippen LogP contribution in [0.3, 0.4) is 0 Å². The molecule has 1 heterocycles. The third-order valence-electron chi connectivity index (χ3n) is 4.27. The van der Waals surface area contributed by atoms with E-state index in [-0.39, 0.29) is 5.78 Å². The standard InChI is InChI=1S/C23H14Cl2O2/c24-16-8-11-21(25)20(14-16)23-13-10-17(27-23)9-12-22(26)19-7-3-5-15-4-1-2-6-18(15)19/h1-14H/b12-9+. The van der Waals surface area contributed by atoms with Gasteiger partial charge < -0.3 is 4.42 Å². The summed E-state index contributed by atoms with van der Waals surface area (Å²) in [5.74, 6) is 1.08. The summed E-state index contributed by atoms with van der Waals surface area (Å²) in [5, 5.41) is 3.10. The molecule has 0 bridgehead atoms. The van der Waals surface area contributed by atoms with Crippen molar-refractivity contribution in [3.8, 4) is 11.3 Å². The fourth-order valence-corrected chi connectivity index (χ4v) is 3.34. The zero-order valence-corrected chi connectivity index (χ0v) is 15.7. The van der Waals surface area contributed by atoms with Gasteiger partial charge in [0.1, 0.15) is 11.5 Å². The number of furan rings is 1. The number of carbonyl (C=O) groups is 1. The molecule has 0 N–H and O–H groups in total. The minimum absolute atomic E-state index is 0.0782. The van der Waals surface area contributed by atoms with Crippen molar-refractivity contribution in [3.63, 3.8) is 0 Å². The molecule has 4 heteroatoms. The first-order chi connectivity index (χ1) is 13.1. The highest BCUT2D eigenvalue weighted by Gasteiger charge is 2.10. The predicted molar refractivity (Wildman–Crippen MR) is 111 cm³/mol. The molecular formula is C23H14Cl2O2. The van der Waals surface area contributed by atoms with Gasteiger partial charge in [0, 0.05) is 16.1 Å². The van der Waals surface area contributed by atoms with Crippen LogP contribution < -0.4 is 0 Å². The molecule has 0 atom stereocenters. The molecule has 1 aromatic heterocycles. The average molecular weight is 393 g/mol. The molecule has 132 valence electrons. The average Bonchev–Trinajstić information content (AvgIpc) is 3.16. The van der Waals surface area contributed by atoms with Crippen LogP contribution in [0.5, 0.6) is 0 Å². The number of allylic oxidation sites excluding steroid dienone is 1. The number of carbonyl (C=O) groups excluding carboxylic acids is 1. The third-order valence-corrected chi connectivity index (χ3v) is 4.84. The van der Waals surface area contributed by atoms with Gasteiger partial charge in [-0.3, -0.25) is 4.79 Å². The van der Waals surface area contributed by atoms with Crippen LogP contribution in [0.1, 0.15) is 16.1 Å². The van der Waals surface area contributed by atoms with E-state index in [2.05, 4.69) is 0 Å². The predicted octanol–water partition coefficient (Wildman–Crippen LogP) is 7.30. The Morgan fingerprint density at radius 1 is 0.889 bits per heavy atom. The molecule has 3 aromatic carbocycles. The van der Waals surface area contributed by atoms with Gasteiger partial charge in [-0.05, 0) is 53.3 Å². The molecule has 2 nitrogen and oxygen atoms in total. The van der Waals surface area contributed by atoms with Gasteiger partial charge in [-0.15, -0.1) is 0 Å². The van der Waals surface area contributed by atoms with Crippen LogP contribution in [0.4, 0.5) is 0 Å². The smallest absolute Gasteiger partial charge is 0.186 e. The van der Waals surface area contributed by atoms with Crippen LogP contribution in [-0.4, -0.2) is 5.78 Å². The normalized spacial score (nSPS) is 11.3. The summed E-state index contributed by atoms with van der Waals surface area (Å²) in [6.45, 7) is 0. The zero-order valence-electron chi connectivity index (χ0n) is 14.2. The van der Waals surface area contributed by atoms with E-state index in [9.17, 15) is 4.79 Å². The highest BCUT2D eigenvalue weighted by Crippen LogP contribution is 2.32. The number of hydrogen-bond donors (Lipinski definition) is 0. The molecule has 27 heavy (non-hydrogen) atoms. The Balaban J connectivity index is 1.61. The topological polar surface area (TPSA) is 30.2 Å². The van der Waals surface area contributed by atoms with Crippen molar-refractivity contribution >= 4 is 45.8 Å². The molecule has 0 fully saturated rings. The second-order valence-electron chi connectivity index (χ2n) is 6.05. The lowest BCUT2D eigenvalue weighted by Crippen LogP contribution is -1.95. The fraction of sp³-hybridized carbons (Fsp3) is 0. The summed E-state index contributed by atoms with van der Waals surface area (Å²) in [6, 6.07) is 22.3. The van der Waals surface area contributed by atoms with E-state index in [1.54, 1.807) is 36.4 Å². The van der Waals surface area contributed by atoms with Gasteiger partial charge in [-0.1, -0.05) is 65.7 Å². The second-order valence-corrected chi connectivity index (χ2v) is 6.89. The fourth-order valence-electron chi connectivity index (χ4n) is 2.96. The van der Waals surface area contributed by atoms with Crippen molar-refractivity contribution < 1.29 is 9.21 Å². The zero-order chi connectivity index (χ0) is 18.8. The van der Waals surface area contributed by atoms with Crippen LogP contribution in [0.25, 0.3) is 28.2 Å². The summed E-state index contributed by atoms with van der Waals surface area (Å²) >= 11 is 12.2. The summed E-state index contributed by atoms with van der Waals surface area (Å²) in [5.41, 5.74) is 1.37. The summed E-state index contributed by atoms with van der Waals surface area (Å²) in [4.78, 5) is 12.6. The minimum atomic E-state index is -0.0782. The quantitative estimate of drug-likeness (QED) is 0.269. The SMILES string of the molecule is O=C(/C=C/c1ccc(-c2cc(Cl)ccc2Cl)o1)c1cccc2ccccc12. The van der Waals surface area contributed by atoms with E-state index in [1.807, 2.05) is 42.5 Å². The van der Waals surface area contributed by atoms with E-state index in [4.69, 9.17) is 27.6 Å². The van der Waals surface area contributed by atoms with E-state index < -0.39 is 0 Å². The van der Waals surface area contributed by atoms with E-state index >= 15 is 0 Å². The molecule has 0 aliphatic heterocycles. The molecule has 4 rings (SSSR count).